The van der Waals surface area contributed by atoms with Gasteiger partial charge >= 0.3 is 0 Å². The molecule has 7 aromatic rings. The summed E-state index contributed by atoms with van der Waals surface area (Å²) in [4.78, 5) is 5.11. The van der Waals surface area contributed by atoms with Gasteiger partial charge in [0.2, 0.25) is 0 Å². The highest BCUT2D eigenvalue weighted by Gasteiger charge is 2.47. The van der Waals surface area contributed by atoms with Crippen molar-refractivity contribution in [3.05, 3.63) is 204 Å². The van der Waals surface area contributed by atoms with Crippen LogP contribution >= 0.6 is 0 Å². The molecule has 0 saturated heterocycles. The van der Waals surface area contributed by atoms with Crippen LogP contribution in [0.1, 0.15) is 61.9 Å². The maximum atomic E-state index is 2.69. The topological polar surface area (TPSA) is 6.48 Å². The number of allylic oxidation sites excluding steroid dienone is 2. The highest BCUT2D eigenvalue weighted by Crippen LogP contribution is 2.61. The van der Waals surface area contributed by atoms with Gasteiger partial charge in [-0.15, -0.1) is 0 Å². The Kier molecular flexibility index (Phi) is 7.11. The van der Waals surface area contributed by atoms with Crippen molar-refractivity contribution in [1.82, 2.24) is 0 Å². The normalized spacial score (nSPS) is 17.3. The summed E-state index contributed by atoms with van der Waals surface area (Å²) in [7, 11) is 0. The molecule has 0 radical (unpaired) electrons. The highest BCUT2D eigenvalue weighted by atomic mass is 15.2. The van der Waals surface area contributed by atoms with Crippen LogP contribution in [0.25, 0.3) is 39.0 Å². The first-order chi connectivity index (χ1) is 27.3. The van der Waals surface area contributed by atoms with Gasteiger partial charge in [-0.25, -0.2) is 0 Å². The zero-order chi connectivity index (χ0) is 37.8. The second-order valence-corrected chi connectivity index (χ2v) is 16.9. The summed E-state index contributed by atoms with van der Waals surface area (Å²) in [5.74, 6) is 0. The van der Waals surface area contributed by atoms with Crippen LogP contribution < -0.4 is 9.80 Å². The molecule has 56 heavy (non-hydrogen) atoms. The number of benzene rings is 7. The summed E-state index contributed by atoms with van der Waals surface area (Å²) in [6.45, 7) is 9.70. The average molecular weight is 721 g/mol. The van der Waals surface area contributed by atoms with Crippen molar-refractivity contribution in [2.24, 2.45) is 0 Å². The zero-order valence-corrected chi connectivity index (χ0v) is 32.4. The van der Waals surface area contributed by atoms with Crippen LogP contribution in [-0.4, -0.2) is 6.04 Å². The van der Waals surface area contributed by atoms with E-state index in [-0.39, 0.29) is 10.8 Å². The van der Waals surface area contributed by atoms with E-state index in [1.807, 2.05) is 0 Å². The lowest BCUT2D eigenvalue weighted by Crippen LogP contribution is -2.36. The van der Waals surface area contributed by atoms with Crippen LogP contribution in [-0.2, 0) is 10.8 Å². The van der Waals surface area contributed by atoms with Crippen LogP contribution in [0.3, 0.4) is 0 Å². The molecule has 2 heteroatoms. The minimum Gasteiger partial charge on any atom is -0.333 e. The molecule has 0 bridgehead atoms. The summed E-state index contributed by atoms with van der Waals surface area (Å²) in [5, 5.41) is 0. The minimum atomic E-state index is -0.190. The first kappa shape index (κ1) is 33.0. The lowest BCUT2D eigenvalue weighted by molar-refractivity contribution is 0.617. The fraction of sp³-hybridized carbons (Fsp3) is 0.148. The predicted octanol–water partition coefficient (Wildman–Crippen LogP) is 14.3. The van der Waals surface area contributed by atoms with Crippen molar-refractivity contribution in [2.45, 2.75) is 51.0 Å². The average Bonchev–Trinajstić information content (AvgIpc) is 3.69. The third-order valence-electron chi connectivity index (χ3n) is 13.1. The third-order valence-corrected chi connectivity index (χ3v) is 13.1. The van der Waals surface area contributed by atoms with E-state index in [4.69, 9.17) is 0 Å². The Bertz CT molecular complexity index is 2670. The summed E-state index contributed by atoms with van der Waals surface area (Å²) in [5.41, 5.74) is 22.0. The molecular formula is C54H44N2. The van der Waals surface area contributed by atoms with Gasteiger partial charge in [-0.2, -0.15) is 0 Å². The van der Waals surface area contributed by atoms with Crippen LogP contribution in [0.5, 0.6) is 0 Å². The SMILES string of the molecule is CC1(C)c2cc(N(c3ccc(-c4ccccc4)cc3)c3ccc(-c4ccccc4)cc3)ccc2-c2cc3c(cc21)N1c2c(cccc2C3(C)C)C2=CC=CCC21. The van der Waals surface area contributed by atoms with Gasteiger partial charge in [0.25, 0.3) is 0 Å². The van der Waals surface area contributed by atoms with Gasteiger partial charge in [0.05, 0.1) is 11.7 Å². The first-order valence-electron chi connectivity index (χ1n) is 20.0. The maximum absolute atomic E-state index is 2.69. The Labute approximate surface area is 330 Å². The van der Waals surface area contributed by atoms with Gasteiger partial charge in [-0.1, -0.05) is 155 Å². The second-order valence-electron chi connectivity index (χ2n) is 16.9. The van der Waals surface area contributed by atoms with E-state index < -0.39 is 0 Å². The van der Waals surface area contributed by atoms with Gasteiger partial charge < -0.3 is 9.80 Å². The van der Waals surface area contributed by atoms with Gasteiger partial charge in [0.1, 0.15) is 0 Å². The molecule has 0 spiro atoms. The van der Waals surface area contributed by atoms with E-state index in [2.05, 4.69) is 213 Å². The Hall–Kier alpha value is -6.38. The van der Waals surface area contributed by atoms with Crippen LogP contribution in [0, 0.1) is 0 Å². The van der Waals surface area contributed by atoms with E-state index >= 15 is 0 Å². The summed E-state index contributed by atoms with van der Waals surface area (Å²) in [6, 6.07) is 58.9. The number of para-hydroxylation sites is 1. The van der Waals surface area contributed by atoms with Crippen LogP contribution in [0.15, 0.2) is 176 Å². The monoisotopic (exact) mass is 720 g/mol. The number of anilines is 5. The number of rotatable bonds is 5. The fourth-order valence-corrected chi connectivity index (χ4v) is 10.2. The fourth-order valence-electron chi connectivity index (χ4n) is 10.2. The smallest absolute Gasteiger partial charge is 0.0633 e. The van der Waals surface area contributed by atoms with E-state index in [9.17, 15) is 0 Å². The van der Waals surface area contributed by atoms with Crippen molar-refractivity contribution in [3.63, 3.8) is 0 Å². The summed E-state index contributed by atoms with van der Waals surface area (Å²) >= 11 is 0. The molecule has 1 unspecified atom stereocenters. The van der Waals surface area contributed by atoms with Crippen molar-refractivity contribution in [1.29, 1.82) is 0 Å². The van der Waals surface area contributed by atoms with E-state index in [0.29, 0.717) is 6.04 Å². The molecule has 7 aromatic carbocycles. The number of hydrogen-bond acceptors (Lipinski definition) is 2. The van der Waals surface area contributed by atoms with Crippen molar-refractivity contribution in [3.8, 4) is 33.4 Å². The minimum absolute atomic E-state index is 0.130. The van der Waals surface area contributed by atoms with Crippen LogP contribution in [0.2, 0.25) is 0 Å². The maximum Gasteiger partial charge on any atom is 0.0633 e. The molecule has 0 aromatic heterocycles. The van der Waals surface area contributed by atoms with Gasteiger partial charge in [-0.05, 0) is 116 Å². The molecule has 2 heterocycles. The molecule has 270 valence electrons. The second kappa shape index (κ2) is 12.1. The quantitative estimate of drug-likeness (QED) is 0.175. The Morgan fingerprint density at radius 1 is 0.482 bits per heavy atom. The molecule has 4 aliphatic rings. The molecule has 0 N–H and O–H groups in total. The zero-order valence-electron chi connectivity index (χ0n) is 32.4. The molecule has 2 aliphatic heterocycles. The molecule has 0 saturated carbocycles. The predicted molar refractivity (Wildman–Crippen MR) is 236 cm³/mol. The largest absolute Gasteiger partial charge is 0.333 e. The van der Waals surface area contributed by atoms with E-state index in [0.717, 1.165) is 23.5 Å². The highest BCUT2D eigenvalue weighted by molar-refractivity contribution is 5.99. The number of nitrogens with zero attached hydrogens (tertiary/aromatic N) is 2. The summed E-state index contributed by atoms with van der Waals surface area (Å²) in [6.07, 6.45) is 7.95. The van der Waals surface area contributed by atoms with Crippen LogP contribution in [0.4, 0.5) is 28.4 Å². The molecule has 11 rings (SSSR count). The lowest BCUT2D eigenvalue weighted by Gasteiger charge is -2.43. The molecule has 1 atom stereocenters. The first-order valence-corrected chi connectivity index (χ1v) is 20.0. The van der Waals surface area contributed by atoms with Crippen molar-refractivity contribution in [2.75, 3.05) is 9.80 Å². The standard InChI is InChI=1S/C54H44N2/c1-53(2)46-20-13-19-44-43-18-11-12-21-50(43)56(52(44)46)51-34-48-45(33-49(51)53)42-31-30-41(32-47(42)54(48,3)4)55(39-26-22-37(23-27-39)35-14-7-5-8-15-35)40-28-24-38(25-29-40)36-16-9-6-10-17-36/h5-20,22-34,50H,21H2,1-4H3. The molecule has 2 nitrogen and oxygen atoms in total. The molecular weight excluding hydrogens is 677 g/mol. The van der Waals surface area contributed by atoms with Gasteiger partial charge in [-0.3, -0.25) is 0 Å². The third kappa shape index (κ3) is 4.75. The van der Waals surface area contributed by atoms with Gasteiger partial charge in [0, 0.05) is 39.1 Å². The van der Waals surface area contributed by atoms with Gasteiger partial charge in [0.15, 0.2) is 0 Å². The summed E-state index contributed by atoms with van der Waals surface area (Å²) < 4.78 is 0. The molecule has 0 amide bonds. The Balaban J connectivity index is 1.04. The Morgan fingerprint density at radius 2 is 1.05 bits per heavy atom. The van der Waals surface area contributed by atoms with E-state index in [1.165, 1.54) is 78.1 Å². The van der Waals surface area contributed by atoms with Crippen molar-refractivity contribution >= 4 is 34.0 Å². The molecule has 0 fully saturated rings. The molecule has 2 aliphatic carbocycles. The van der Waals surface area contributed by atoms with E-state index in [1.54, 1.807) is 0 Å². The Morgan fingerprint density at radius 3 is 1.70 bits per heavy atom. The van der Waals surface area contributed by atoms with Crippen molar-refractivity contribution < 1.29 is 0 Å². The lowest BCUT2D eigenvalue weighted by atomic mass is 9.72. The number of hydrogen-bond donors (Lipinski definition) is 0. The number of fused-ring (bicyclic) bond motifs is 8.